The number of nitrogens with zero attached hydrogens (tertiary/aromatic N) is 2. The maximum Gasteiger partial charge on any atom is 0.338 e. The summed E-state index contributed by atoms with van der Waals surface area (Å²) in [4.78, 5) is 19.8. The first-order valence-electron chi connectivity index (χ1n) is 6.42. The molecule has 1 saturated heterocycles. The second-order valence-electron chi connectivity index (χ2n) is 4.59. The third kappa shape index (κ3) is 3.16. The Labute approximate surface area is 117 Å². The molecule has 1 aliphatic rings. The van der Waals surface area contributed by atoms with Crippen LogP contribution in [0.25, 0.3) is 0 Å². The van der Waals surface area contributed by atoms with Crippen LogP contribution in [0.3, 0.4) is 0 Å². The summed E-state index contributed by atoms with van der Waals surface area (Å²) in [6, 6.07) is 1.86. The molecule has 0 radical (unpaired) electrons. The van der Waals surface area contributed by atoms with E-state index < -0.39 is 5.60 Å². The predicted molar refractivity (Wildman–Crippen MR) is 68.6 cm³/mol. The Hall–Kier alpha value is -1.89. The molecule has 0 saturated carbocycles. The van der Waals surface area contributed by atoms with Gasteiger partial charge in [-0.3, -0.25) is 0 Å². The van der Waals surface area contributed by atoms with Gasteiger partial charge in [-0.1, -0.05) is 0 Å². The number of ether oxygens (including phenoxy) is 4. The van der Waals surface area contributed by atoms with Gasteiger partial charge in [0.1, 0.15) is 6.10 Å². The van der Waals surface area contributed by atoms with E-state index >= 15 is 0 Å². The standard InChI is InChI=1S/C13H18N2O5/c1-4-18-11(16)13(2)7-9(8-19-13)20-10-5-6-14-12(15-10)17-3/h5-6,9H,4,7-8H2,1-3H3/t9-,13+/m1/s1. The number of carbonyl (C=O) groups is 1. The van der Waals surface area contributed by atoms with Crippen LogP contribution in [-0.2, 0) is 14.3 Å². The van der Waals surface area contributed by atoms with Crippen LogP contribution < -0.4 is 9.47 Å². The van der Waals surface area contributed by atoms with Gasteiger partial charge >= 0.3 is 12.0 Å². The second kappa shape index (κ2) is 6.04. The minimum Gasteiger partial charge on any atom is -0.472 e. The lowest BCUT2D eigenvalue weighted by Crippen LogP contribution is -2.37. The van der Waals surface area contributed by atoms with Crippen LogP contribution >= 0.6 is 0 Å². The Morgan fingerprint density at radius 3 is 3.10 bits per heavy atom. The normalized spacial score (nSPS) is 25.2. The van der Waals surface area contributed by atoms with Crippen molar-refractivity contribution in [3.63, 3.8) is 0 Å². The number of methoxy groups -OCH3 is 1. The fourth-order valence-electron chi connectivity index (χ4n) is 1.99. The molecule has 7 heteroatoms. The molecule has 0 spiro atoms. The molecule has 2 heterocycles. The summed E-state index contributed by atoms with van der Waals surface area (Å²) in [5, 5.41) is 0. The molecule has 110 valence electrons. The van der Waals surface area contributed by atoms with Gasteiger partial charge in [0, 0.05) is 18.7 Å². The number of rotatable bonds is 5. The fourth-order valence-corrected chi connectivity index (χ4v) is 1.99. The lowest BCUT2D eigenvalue weighted by atomic mass is 10.0. The van der Waals surface area contributed by atoms with Gasteiger partial charge in [0.05, 0.1) is 20.3 Å². The van der Waals surface area contributed by atoms with Crippen LogP contribution in [0.1, 0.15) is 20.3 Å². The SMILES string of the molecule is CCOC(=O)[C@]1(C)C[C@@H](Oc2ccnc(OC)n2)CO1. The second-order valence-corrected chi connectivity index (χ2v) is 4.59. The highest BCUT2D eigenvalue weighted by atomic mass is 16.6. The Morgan fingerprint density at radius 1 is 1.60 bits per heavy atom. The Kier molecular flexibility index (Phi) is 4.39. The Bertz CT molecular complexity index is 482. The van der Waals surface area contributed by atoms with Crippen LogP contribution in [0.5, 0.6) is 11.9 Å². The molecule has 1 fully saturated rings. The summed E-state index contributed by atoms with van der Waals surface area (Å²) in [7, 11) is 1.48. The van der Waals surface area contributed by atoms with Crippen LogP contribution in [0.2, 0.25) is 0 Å². The van der Waals surface area contributed by atoms with Crippen molar-refractivity contribution in [1.82, 2.24) is 9.97 Å². The largest absolute Gasteiger partial charge is 0.472 e. The lowest BCUT2D eigenvalue weighted by Gasteiger charge is -2.20. The topological polar surface area (TPSA) is 79.8 Å². The van der Waals surface area contributed by atoms with Crippen LogP contribution in [0.15, 0.2) is 12.3 Å². The molecule has 0 aliphatic carbocycles. The molecule has 0 N–H and O–H groups in total. The minimum atomic E-state index is -0.961. The van der Waals surface area contributed by atoms with E-state index in [0.717, 1.165) is 0 Å². The van der Waals surface area contributed by atoms with Gasteiger partial charge < -0.3 is 18.9 Å². The van der Waals surface area contributed by atoms with Gasteiger partial charge in [-0.2, -0.15) is 4.98 Å². The number of aromatic nitrogens is 2. The van der Waals surface area contributed by atoms with E-state index in [4.69, 9.17) is 18.9 Å². The van der Waals surface area contributed by atoms with E-state index in [1.165, 1.54) is 7.11 Å². The van der Waals surface area contributed by atoms with Crippen molar-refractivity contribution in [1.29, 1.82) is 0 Å². The smallest absolute Gasteiger partial charge is 0.338 e. The van der Waals surface area contributed by atoms with Crippen LogP contribution in [0.4, 0.5) is 0 Å². The predicted octanol–water partition coefficient (Wildman–Crippen LogP) is 0.975. The third-order valence-corrected chi connectivity index (χ3v) is 2.99. The molecule has 0 unspecified atom stereocenters. The molecule has 2 atom stereocenters. The van der Waals surface area contributed by atoms with Crippen molar-refractivity contribution in [3.05, 3.63) is 12.3 Å². The summed E-state index contributed by atoms with van der Waals surface area (Å²) in [5.74, 6) is 0.0185. The number of hydrogen-bond donors (Lipinski definition) is 0. The van der Waals surface area contributed by atoms with Gasteiger partial charge in [0.15, 0.2) is 5.60 Å². The highest BCUT2D eigenvalue weighted by Gasteiger charge is 2.45. The van der Waals surface area contributed by atoms with Gasteiger partial charge in [-0.15, -0.1) is 0 Å². The summed E-state index contributed by atoms with van der Waals surface area (Å²) in [6.07, 6.45) is 1.70. The van der Waals surface area contributed by atoms with Gasteiger partial charge in [0.25, 0.3) is 0 Å². The zero-order chi connectivity index (χ0) is 14.6. The van der Waals surface area contributed by atoms with Crippen molar-refractivity contribution in [3.8, 4) is 11.9 Å². The van der Waals surface area contributed by atoms with Gasteiger partial charge in [-0.25, -0.2) is 9.78 Å². The summed E-state index contributed by atoms with van der Waals surface area (Å²) >= 11 is 0. The molecule has 1 aromatic heterocycles. The van der Waals surface area contributed by atoms with Crippen LogP contribution in [-0.4, -0.2) is 48.0 Å². The highest BCUT2D eigenvalue weighted by molar-refractivity contribution is 5.79. The van der Waals surface area contributed by atoms with E-state index in [-0.39, 0.29) is 18.1 Å². The maximum absolute atomic E-state index is 11.8. The average molecular weight is 282 g/mol. The van der Waals surface area contributed by atoms with Crippen molar-refractivity contribution in [2.75, 3.05) is 20.3 Å². The fraction of sp³-hybridized carbons (Fsp3) is 0.615. The highest BCUT2D eigenvalue weighted by Crippen LogP contribution is 2.29. The molecular weight excluding hydrogens is 264 g/mol. The van der Waals surface area contributed by atoms with Crippen molar-refractivity contribution >= 4 is 5.97 Å². The van der Waals surface area contributed by atoms with Crippen molar-refractivity contribution < 1.29 is 23.7 Å². The Morgan fingerprint density at radius 2 is 2.40 bits per heavy atom. The number of esters is 1. The van der Waals surface area contributed by atoms with Gasteiger partial charge in [0.2, 0.25) is 5.88 Å². The zero-order valence-electron chi connectivity index (χ0n) is 11.8. The van der Waals surface area contributed by atoms with E-state index in [2.05, 4.69) is 9.97 Å². The quantitative estimate of drug-likeness (QED) is 0.744. The van der Waals surface area contributed by atoms with E-state index in [1.807, 2.05) is 0 Å². The molecule has 0 amide bonds. The zero-order valence-corrected chi connectivity index (χ0v) is 11.8. The first kappa shape index (κ1) is 14.5. The first-order chi connectivity index (χ1) is 9.57. The molecule has 2 rings (SSSR count). The molecule has 0 bridgehead atoms. The average Bonchev–Trinajstić information content (AvgIpc) is 2.82. The van der Waals surface area contributed by atoms with Crippen LogP contribution in [0, 0.1) is 0 Å². The molecule has 1 aromatic rings. The summed E-state index contributed by atoms with van der Waals surface area (Å²) < 4.78 is 21.1. The first-order valence-corrected chi connectivity index (χ1v) is 6.42. The lowest BCUT2D eigenvalue weighted by molar-refractivity contribution is -0.164. The summed E-state index contributed by atoms with van der Waals surface area (Å²) in [5.41, 5.74) is -0.961. The third-order valence-electron chi connectivity index (χ3n) is 2.99. The van der Waals surface area contributed by atoms with Gasteiger partial charge in [-0.05, 0) is 13.8 Å². The van der Waals surface area contributed by atoms with E-state index in [0.29, 0.717) is 25.5 Å². The molecule has 0 aromatic carbocycles. The monoisotopic (exact) mass is 282 g/mol. The minimum absolute atomic E-state index is 0.231. The molecule has 7 nitrogen and oxygen atoms in total. The number of hydrogen-bond acceptors (Lipinski definition) is 7. The summed E-state index contributed by atoms with van der Waals surface area (Å²) in [6.45, 7) is 4.10. The number of carbonyl (C=O) groups excluding carboxylic acids is 1. The van der Waals surface area contributed by atoms with E-state index in [1.54, 1.807) is 26.1 Å². The van der Waals surface area contributed by atoms with Crippen molar-refractivity contribution in [2.24, 2.45) is 0 Å². The Balaban J connectivity index is 1.97. The molecule has 1 aliphatic heterocycles. The van der Waals surface area contributed by atoms with Crippen molar-refractivity contribution in [2.45, 2.75) is 32.0 Å². The van der Waals surface area contributed by atoms with E-state index in [9.17, 15) is 4.79 Å². The molecule has 20 heavy (non-hydrogen) atoms. The molecular formula is C13H18N2O5. The maximum atomic E-state index is 11.8.